The van der Waals surface area contributed by atoms with Crippen molar-refractivity contribution < 1.29 is 23.1 Å². The van der Waals surface area contributed by atoms with E-state index in [-0.39, 0.29) is 37.5 Å². The number of aromatic nitrogens is 2. The van der Waals surface area contributed by atoms with Crippen LogP contribution in [0, 0.1) is 0 Å². The molecule has 0 spiro atoms. The summed E-state index contributed by atoms with van der Waals surface area (Å²) in [6.07, 6.45) is 10.5. The Bertz CT molecular complexity index is 1050. The summed E-state index contributed by atoms with van der Waals surface area (Å²) >= 11 is 0. The first-order valence-corrected chi connectivity index (χ1v) is 15.7. The quantitative estimate of drug-likeness (QED) is 0.307. The van der Waals surface area contributed by atoms with Crippen LogP contribution in [0.4, 0.5) is 5.82 Å². The zero-order chi connectivity index (χ0) is 26.4. The first kappa shape index (κ1) is 27.6. The minimum atomic E-state index is -3.46. The molecule has 1 aromatic heterocycles. The third kappa shape index (κ3) is 7.35. The van der Waals surface area contributed by atoms with E-state index in [1.165, 1.54) is 23.8 Å². The molecule has 2 aliphatic carbocycles. The normalized spacial score (nSPS) is 31.7. The van der Waals surface area contributed by atoms with E-state index in [2.05, 4.69) is 15.2 Å². The van der Waals surface area contributed by atoms with Gasteiger partial charge in [0, 0.05) is 25.3 Å². The van der Waals surface area contributed by atoms with Gasteiger partial charge in [0.1, 0.15) is 18.3 Å². The summed E-state index contributed by atoms with van der Waals surface area (Å²) in [6, 6.07) is 1.88. The molecule has 3 heterocycles. The van der Waals surface area contributed by atoms with Crippen molar-refractivity contribution in [3.63, 3.8) is 0 Å². The van der Waals surface area contributed by atoms with Crippen LogP contribution < -0.4 is 16.7 Å². The highest BCUT2D eigenvalue weighted by Gasteiger charge is 2.39. The summed E-state index contributed by atoms with van der Waals surface area (Å²) in [5.74, 6) is 1.09. The molecule has 4 aliphatic rings. The molecule has 3 N–H and O–H groups in total. The van der Waals surface area contributed by atoms with Crippen LogP contribution in [0.5, 0.6) is 0 Å². The van der Waals surface area contributed by atoms with Crippen molar-refractivity contribution in [3.8, 4) is 0 Å². The molecule has 5 rings (SSSR count). The molecule has 13 heteroatoms. The number of ether oxygens (including phenoxy) is 2. The Kier molecular flexibility index (Phi) is 9.37. The summed E-state index contributed by atoms with van der Waals surface area (Å²) < 4.78 is 38.3. The standard InChI is InChI=1S/C25H41N6O6P/c26-23-10-11-31(25(32)29-23)16-20-17-36-38(33,18-35-20)37-22-9-5-4-8-21(22)28-24(30-12-14-34-15-13-30)27-19-6-2-1-3-7-19/h10-11,19-22H,1-9,12-18H2,(H,27,28)(H2,26,29,32). The molecule has 4 unspecified atom stereocenters. The lowest BCUT2D eigenvalue weighted by Crippen LogP contribution is -2.51. The van der Waals surface area contributed by atoms with Gasteiger partial charge in [0.05, 0.1) is 38.5 Å². The van der Waals surface area contributed by atoms with Gasteiger partial charge < -0.3 is 34.5 Å². The SMILES string of the molecule is Nc1ccn(CC2COP(=O)(OC3CCCCC3N=C(NC3CCCCC3)N3CCOCC3)CO2)c(=O)n1. The zero-order valence-corrected chi connectivity index (χ0v) is 22.9. The van der Waals surface area contributed by atoms with Gasteiger partial charge in [0.2, 0.25) is 0 Å². The van der Waals surface area contributed by atoms with E-state index in [9.17, 15) is 9.36 Å². The maximum Gasteiger partial charge on any atom is 0.356 e. The molecule has 38 heavy (non-hydrogen) atoms. The van der Waals surface area contributed by atoms with Gasteiger partial charge in [0.15, 0.2) is 5.96 Å². The average Bonchev–Trinajstić information content (AvgIpc) is 2.93. The lowest BCUT2D eigenvalue weighted by atomic mass is 9.93. The van der Waals surface area contributed by atoms with E-state index < -0.39 is 19.4 Å². The predicted molar refractivity (Wildman–Crippen MR) is 143 cm³/mol. The van der Waals surface area contributed by atoms with E-state index in [0.29, 0.717) is 19.3 Å². The van der Waals surface area contributed by atoms with E-state index >= 15 is 0 Å². The molecule has 2 saturated carbocycles. The summed E-state index contributed by atoms with van der Waals surface area (Å²) in [5, 5.41) is 3.74. The number of aliphatic imine (C=N–C) groups is 1. The van der Waals surface area contributed by atoms with Gasteiger partial charge in [-0.15, -0.1) is 0 Å². The summed E-state index contributed by atoms with van der Waals surface area (Å²) in [4.78, 5) is 23.2. The van der Waals surface area contributed by atoms with Gasteiger partial charge in [-0.25, -0.2) is 9.79 Å². The molecule has 2 saturated heterocycles. The summed E-state index contributed by atoms with van der Waals surface area (Å²) in [6.45, 7) is 3.29. The van der Waals surface area contributed by atoms with Crippen LogP contribution >= 0.6 is 7.60 Å². The topological polar surface area (TPSA) is 143 Å². The molecule has 0 amide bonds. The Balaban J connectivity index is 1.22. The molecular formula is C25H41N6O6P. The van der Waals surface area contributed by atoms with Crippen molar-refractivity contribution in [2.75, 3.05) is 45.0 Å². The number of rotatable bonds is 6. The van der Waals surface area contributed by atoms with Crippen LogP contribution in [-0.4, -0.2) is 84.0 Å². The van der Waals surface area contributed by atoms with Gasteiger partial charge in [-0.05, 0) is 31.7 Å². The number of anilines is 1. The molecule has 212 valence electrons. The molecule has 0 bridgehead atoms. The smallest absolute Gasteiger partial charge is 0.356 e. The maximum atomic E-state index is 13.5. The lowest BCUT2D eigenvalue weighted by molar-refractivity contribution is -0.0247. The minimum absolute atomic E-state index is 0.0665. The molecule has 0 radical (unpaired) electrons. The van der Waals surface area contributed by atoms with Gasteiger partial charge in [-0.3, -0.25) is 9.13 Å². The molecule has 12 nitrogen and oxygen atoms in total. The molecule has 4 fully saturated rings. The van der Waals surface area contributed by atoms with Crippen LogP contribution in [0.3, 0.4) is 0 Å². The first-order chi connectivity index (χ1) is 18.5. The fourth-order valence-electron chi connectivity index (χ4n) is 5.57. The fourth-order valence-corrected chi connectivity index (χ4v) is 7.21. The number of nitrogen functional groups attached to an aromatic ring is 1. The number of hydrogen-bond acceptors (Lipinski definition) is 9. The Morgan fingerprint density at radius 3 is 2.66 bits per heavy atom. The van der Waals surface area contributed by atoms with Gasteiger partial charge in [-0.1, -0.05) is 32.1 Å². The second-order valence-corrected chi connectivity index (χ2v) is 12.6. The molecule has 4 atom stereocenters. The zero-order valence-electron chi connectivity index (χ0n) is 22.0. The number of nitrogens with zero attached hydrogens (tertiary/aromatic N) is 4. The Morgan fingerprint density at radius 2 is 1.92 bits per heavy atom. The average molecular weight is 553 g/mol. The second-order valence-electron chi connectivity index (χ2n) is 10.6. The Morgan fingerprint density at radius 1 is 1.16 bits per heavy atom. The largest absolute Gasteiger partial charge is 0.383 e. The lowest BCUT2D eigenvalue weighted by Gasteiger charge is -2.37. The van der Waals surface area contributed by atoms with Crippen LogP contribution in [0.1, 0.15) is 57.8 Å². The van der Waals surface area contributed by atoms with E-state index in [1.807, 2.05) is 0 Å². The Hall–Kier alpha value is -1.98. The van der Waals surface area contributed by atoms with Crippen molar-refractivity contribution in [1.29, 1.82) is 0 Å². The number of morpholine rings is 1. The van der Waals surface area contributed by atoms with Crippen molar-refractivity contribution in [3.05, 3.63) is 22.7 Å². The van der Waals surface area contributed by atoms with E-state index in [0.717, 1.165) is 57.6 Å². The first-order valence-electron chi connectivity index (χ1n) is 14.0. The van der Waals surface area contributed by atoms with Crippen LogP contribution in [0.2, 0.25) is 0 Å². The third-order valence-corrected chi connectivity index (χ3v) is 9.32. The number of hydrogen-bond donors (Lipinski definition) is 2. The highest BCUT2D eigenvalue weighted by atomic mass is 31.2. The van der Waals surface area contributed by atoms with Crippen LogP contribution in [-0.2, 0) is 29.6 Å². The second kappa shape index (κ2) is 12.9. The van der Waals surface area contributed by atoms with Crippen molar-refractivity contribution >= 4 is 19.4 Å². The van der Waals surface area contributed by atoms with E-state index in [1.54, 1.807) is 12.3 Å². The number of nitrogens with one attached hydrogen (secondary N) is 1. The van der Waals surface area contributed by atoms with Crippen molar-refractivity contribution in [2.45, 2.75) is 88.6 Å². The molecule has 1 aromatic rings. The van der Waals surface area contributed by atoms with Crippen LogP contribution in [0.25, 0.3) is 0 Å². The third-order valence-electron chi connectivity index (χ3n) is 7.72. The van der Waals surface area contributed by atoms with Crippen molar-refractivity contribution in [1.82, 2.24) is 19.8 Å². The highest BCUT2D eigenvalue weighted by Crippen LogP contribution is 2.53. The summed E-state index contributed by atoms with van der Waals surface area (Å²) in [5.41, 5.74) is 5.10. The highest BCUT2D eigenvalue weighted by molar-refractivity contribution is 7.53. The van der Waals surface area contributed by atoms with Gasteiger partial charge in [0.25, 0.3) is 0 Å². The predicted octanol–water partition coefficient (Wildman–Crippen LogP) is 2.33. The molecule has 0 aromatic carbocycles. The molecule has 2 aliphatic heterocycles. The monoisotopic (exact) mass is 552 g/mol. The number of nitrogens with two attached hydrogens (primary N) is 1. The van der Waals surface area contributed by atoms with Crippen molar-refractivity contribution in [2.24, 2.45) is 4.99 Å². The minimum Gasteiger partial charge on any atom is -0.383 e. The van der Waals surface area contributed by atoms with E-state index in [4.69, 9.17) is 29.2 Å². The number of guanidine groups is 1. The summed E-state index contributed by atoms with van der Waals surface area (Å²) in [7, 11) is -3.46. The fraction of sp³-hybridized carbons (Fsp3) is 0.800. The molecular weight excluding hydrogens is 511 g/mol. The van der Waals surface area contributed by atoms with Gasteiger partial charge >= 0.3 is 13.3 Å². The van der Waals surface area contributed by atoms with Crippen LogP contribution in [0.15, 0.2) is 22.1 Å². The Labute approximate surface area is 223 Å². The van der Waals surface area contributed by atoms with Gasteiger partial charge in [-0.2, -0.15) is 4.98 Å². The maximum absolute atomic E-state index is 13.5.